The van der Waals surface area contributed by atoms with Crippen molar-refractivity contribution in [2.24, 2.45) is 5.84 Å². The van der Waals surface area contributed by atoms with E-state index in [9.17, 15) is 4.39 Å². The van der Waals surface area contributed by atoms with Gasteiger partial charge in [0.05, 0.1) is 5.02 Å². The summed E-state index contributed by atoms with van der Waals surface area (Å²) in [4.78, 5) is 2.00. The topological polar surface area (TPSA) is 41.3 Å². The maximum absolute atomic E-state index is 13.8. The number of nitrogens with one attached hydrogen (secondary N) is 1. The lowest BCUT2D eigenvalue weighted by Gasteiger charge is -2.13. The predicted molar refractivity (Wildman–Crippen MR) is 79.0 cm³/mol. The molecular weight excluding hydrogens is 265 g/mol. The van der Waals surface area contributed by atoms with Crippen molar-refractivity contribution >= 4 is 23.0 Å². The van der Waals surface area contributed by atoms with E-state index in [-0.39, 0.29) is 10.7 Å². The summed E-state index contributed by atoms with van der Waals surface area (Å²) in [5, 5.41) is 0.259. The van der Waals surface area contributed by atoms with Gasteiger partial charge in [0.1, 0.15) is 11.5 Å². The van der Waals surface area contributed by atoms with E-state index in [1.807, 2.05) is 43.3 Å². The molecule has 0 saturated carbocycles. The van der Waals surface area contributed by atoms with E-state index < -0.39 is 5.82 Å². The summed E-state index contributed by atoms with van der Waals surface area (Å²) in [7, 11) is 3.93. The van der Waals surface area contributed by atoms with E-state index in [4.69, 9.17) is 17.4 Å². The summed E-state index contributed by atoms with van der Waals surface area (Å²) in [6.07, 6.45) is 0. The van der Waals surface area contributed by atoms with Crippen molar-refractivity contribution in [3.05, 3.63) is 47.2 Å². The highest BCUT2D eigenvalue weighted by molar-refractivity contribution is 6.33. The molecule has 3 N–H and O–H groups in total. The van der Waals surface area contributed by atoms with Crippen molar-refractivity contribution in [1.29, 1.82) is 0 Å². The molecule has 100 valence electrons. The lowest BCUT2D eigenvalue weighted by atomic mass is 10.0. The summed E-state index contributed by atoms with van der Waals surface area (Å²) in [6.45, 7) is 0. The van der Waals surface area contributed by atoms with Gasteiger partial charge in [-0.25, -0.2) is 4.39 Å². The largest absolute Gasteiger partial charge is 0.378 e. The van der Waals surface area contributed by atoms with Crippen LogP contribution >= 0.6 is 11.6 Å². The molecule has 0 saturated heterocycles. The molecule has 0 aliphatic heterocycles. The molecule has 2 aromatic rings. The van der Waals surface area contributed by atoms with Crippen molar-refractivity contribution in [1.82, 2.24) is 0 Å². The third kappa shape index (κ3) is 2.80. The summed E-state index contributed by atoms with van der Waals surface area (Å²) in [5.74, 6) is 4.74. The quantitative estimate of drug-likeness (QED) is 0.667. The minimum atomic E-state index is -0.471. The molecule has 0 fully saturated rings. The molecule has 3 nitrogen and oxygen atoms in total. The highest BCUT2D eigenvalue weighted by Gasteiger charge is 2.09. The summed E-state index contributed by atoms with van der Waals surface area (Å²) >= 11 is 5.98. The molecule has 0 aromatic heterocycles. The number of hydrogen-bond donors (Lipinski definition) is 2. The van der Waals surface area contributed by atoms with Gasteiger partial charge in [0.25, 0.3) is 0 Å². The zero-order valence-corrected chi connectivity index (χ0v) is 11.5. The molecule has 2 rings (SSSR count). The number of nitrogens with two attached hydrogens (primary N) is 1. The van der Waals surface area contributed by atoms with E-state index in [1.54, 1.807) is 6.07 Å². The Morgan fingerprint density at radius 3 is 2.21 bits per heavy atom. The molecule has 2 aromatic carbocycles. The molecule has 5 heteroatoms. The number of anilines is 2. The molecule has 0 heterocycles. The third-order valence-corrected chi connectivity index (χ3v) is 3.20. The lowest BCUT2D eigenvalue weighted by Crippen LogP contribution is -2.09. The van der Waals surface area contributed by atoms with Crippen LogP contribution < -0.4 is 16.2 Å². The van der Waals surface area contributed by atoms with Gasteiger partial charge in [-0.3, -0.25) is 5.84 Å². The maximum Gasteiger partial charge on any atom is 0.149 e. The van der Waals surface area contributed by atoms with E-state index in [2.05, 4.69) is 5.43 Å². The first-order valence-corrected chi connectivity index (χ1v) is 6.14. The van der Waals surface area contributed by atoms with Crippen LogP contribution in [0.3, 0.4) is 0 Å². The molecule has 0 atom stereocenters. The Bertz CT molecular complexity index is 559. The third-order valence-electron chi connectivity index (χ3n) is 2.90. The first kappa shape index (κ1) is 13.6. The number of benzene rings is 2. The average molecular weight is 280 g/mol. The monoisotopic (exact) mass is 279 g/mol. The minimum Gasteiger partial charge on any atom is -0.378 e. The van der Waals surface area contributed by atoms with Gasteiger partial charge in [-0.05, 0) is 35.4 Å². The van der Waals surface area contributed by atoms with Gasteiger partial charge >= 0.3 is 0 Å². The van der Waals surface area contributed by atoms with Gasteiger partial charge in [0, 0.05) is 19.8 Å². The Balaban J connectivity index is 2.42. The Morgan fingerprint density at radius 2 is 1.74 bits per heavy atom. The molecule has 0 radical (unpaired) electrons. The van der Waals surface area contributed by atoms with Crippen LogP contribution in [0.4, 0.5) is 15.8 Å². The predicted octanol–water partition coefficient (Wildman–Crippen LogP) is 3.50. The minimum absolute atomic E-state index is 0.107. The number of nitrogens with zero attached hydrogens (tertiary/aromatic N) is 1. The second kappa shape index (κ2) is 5.47. The first-order valence-electron chi connectivity index (χ1n) is 5.76. The fraction of sp³-hybridized carbons (Fsp3) is 0.143. The van der Waals surface area contributed by atoms with E-state index in [1.165, 1.54) is 6.07 Å². The number of hydrogen-bond acceptors (Lipinski definition) is 3. The Morgan fingerprint density at radius 1 is 1.11 bits per heavy atom. The SMILES string of the molecule is CN(C)c1ccc(-c2cc(F)c(NN)c(Cl)c2)cc1. The standard InChI is InChI=1S/C14H15ClFN3/c1-19(2)11-5-3-9(4-6-11)10-7-12(15)14(18-17)13(16)8-10/h3-8,18H,17H2,1-2H3. The molecule has 0 unspecified atom stereocenters. The maximum atomic E-state index is 13.8. The van der Waals surface area contributed by atoms with Crippen LogP contribution in [0.5, 0.6) is 0 Å². The molecule has 0 aliphatic rings. The highest BCUT2D eigenvalue weighted by atomic mass is 35.5. The van der Waals surface area contributed by atoms with Crippen molar-refractivity contribution in [2.45, 2.75) is 0 Å². The molecule has 0 amide bonds. The normalized spacial score (nSPS) is 10.4. The summed E-state index contributed by atoms with van der Waals surface area (Å²) < 4.78 is 13.8. The van der Waals surface area contributed by atoms with Crippen molar-refractivity contribution in [3.8, 4) is 11.1 Å². The smallest absolute Gasteiger partial charge is 0.149 e. The van der Waals surface area contributed by atoms with Crippen molar-refractivity contribution in [3.63, 3.8) is 0 Å². The second-order valence-electron chi connectivity index (χ2n) is 4.40. The average Bonchev–Trinajstić information content (AvgIpc) is 2.38. The molecule has 19 heavy (non-hydrogen) atoms. The fourth-order valence-corrected chi connectivity index (χ4v) is 2.09. The highest BCUT2D eigenvalue weighted by Crippen LogP contribution is 2.31. The van der Waals surface area contributed by atoms with E-state index in [0.29, 0.717) is 5.56 Å². The Labute approximate surface area is 116 Å². The molecule has 0 aliphatic carbocycles. The zero-order valence-electron chi connectivity index (χ0n) is 10.7. The van der Waals surface area contributed by atoms with Crippen LogP contribution in [0, 0.1) is 5.82 Å². The first-order chi connectivity index (χ1) is 9.02. The van der Waals surface area contributed by atoms with E-state index in [0.717, 1.165) is 11.3 Å². The number of nitrogen functional groups attached to an aromatic ring is 1. The summed E-state index contributed by atoms with van der Waals surface area (Å²) in [5.41, 5.74) is 5.05. The van der Waals surface area contributed by atoms with Crippen molar-refractivity contribution in [2.75, 3.05) is 24.4 Å². The summed E-state index contributed by atoms with van der Waals surface area (Å²) in [6, 6.07) is 10.9. The fourth-order valence-electron chi connectivity index (χ4n) is 1.83. The Kier molecular flexibility index (Phi) is 3.93. The van der Waals surface area contributed by atoms with Crippen LogP contribution in [0.25, 0.3) is 11.1 Å². The lowest BCUT2D eigenvalue weighted by molar-refractivity contribution is 0.631. The number of halogens is 2. The van der Waals surface area contributed by atoms with Crippen LogP contribution in [-0.2, 0) is 0 Å². The van der Waals surface area contributed by atoms with Gasteiger partial charge in [0.15, 0.2) is 0 Å². The Hall–Kier alpha value is -1.78. The van der Waals surface area contributed by atoms with Crippen molar-refractivity contribution < 1.29 is 4.39 Å². The molecule has 0 spiro atoms. The number of hydrazine groups is 1. The molecule has 0 bridgehead atoms. The van der Waals surface area contributed by atoms with Crippen LogP contribution in [0.1, 0.15) is 0 Å². The van der Waals surface area contributed by atoms with Crippen LogP contribution in [0.15, 0.2) is 36.4 Å². The molecular formula is C14H15ClFN3. The van der Waals surface area contributed by atoms with Gasteiger partial charge in [-0.15, -0.1) is 0 Å². The van der Waals surface area contributed by atoms with Crippen LogP contribution in [0.2, 0.25) is 5.02 Å². The van der Waals surface area contributed by atoms with Gasteiger partial charge < -0.3 is 10.3 Å². The second-order valence-corrected chi connectivity index (χ2v) is 4.81. The van der Waals surface area contributed by atoms with Gasteiger partial charge in [0.2, 0.25) is 0 Å². The van der Waals surface area contributed by atoms with E-state index >= 15 is 0 Å². The van der Waals surface area contributed by atoms with Gasteiger partial charge in [-0.2, -0.15) is 0 Å². The van der Waals surface area contributed by atoms with Crippen LogP contribution in [-0.4, -0.2) is 14.1 Å². The number of rotatable bonds is 3. The van der Waals surface area contributed by atoms with Gasteiger partial charge in [-0.1, -0.05) is 23.7 Å². The zero-order chi connectivity index (χ0) is 14.0.